The van der Waals surface area contributed by atoms with Crippen LogP contribution < -0.4 is 10.9 Å². The zero-order valence-electron chi connectivity index (χ0n) is 15.4. The zero-order chi connectivity index (χ0) is 19.5. The summed E-state index contributed by atoms with van der Waals surface area (Å²) >= 11 is 5.85. The minimum Gasteiger partial charge on any atom is -0.367 e. The molecule has 6 heteroatoms. The SMILES string of the molecule is O=C(COCc1cc2cccc3c2n(c1=O)CCC3)NCc1ccc(Cl)cc1. The molecule has 28 heavy (non-hydrogen) atoms. The minimum absolute atomic E-state index is 0.0266. The summed E-state index contributed by atoms with van der Waals surface area (Å²) in [7, 11) is 0. The lowest BCUT2D eigenvalue weighted by Crippen LogP contribution is -2.29. The Hall–Kier alpha value is -2.63. The average molecular weight is 397 g/mol. The van der Waals surface area contributed by atoms with E-state index in [1.165, 1.54) is 5.56 Å². The van der Waals surface area contributed by atoms with Gasteiger partial charge in [-0.25, -0.2) is 0 Å². The van der Waals surface area contributed by atoms with Crippen LogP contribution in [0.15, 0.2) is 53.3 Å². The van der Waals surface area contributed by atoms with E-state index in [2.05, 4.69) is 11.4 Å². The first-order valence-corrected chi connectivity index (χ1v) is 9.73. The van der Waals surface area contributed by atoms with Crippen LogP contribution in [0.4, 0.5) is 0 Å². The van der Waals surface area contributed by atoms with Crippen molar-refractivity contribution in [3.8, 4) is 0 Å². The molecule has 4 rings (SSSR count). The molecule has 1 aliphatic rings. The van der Waals surface area contributed by atoms with Gasteiger partial charge in [-0.1, -0.05) is 41.9 Å². The van der Waals surface area contributed by atoms with E-state index in [4.69, 9.17) is 16.3 Å². The second-order valence-corrected chi connectivity index (χ2v) is 7.42. The molecule has 0 bridgehead atoms. The molecule has 0 saturated heterocycles. The van der Waals surface area contributed by atoms with Crippen molar-refractivity contribution in [1.82, 2.24) is 9.88 Å². The van der Waals surface area contributed by atoms with Crippen LogP contribution in [0.5, 0.6) is 0 Å². The molecule has 0 saturated carbocycles. The molecule has 1 amide bonds. The van der Waals surface area contributed by atoms with Crippen molar-refractivity contribution in [2.24, 2.45) is 0 Å². The normalized spacial score (nSPS) is 12.9. The molecule has 0 unspecified atom stereocenters. The summed E-state index contributed by atoms with van der Waals surface area (Å²) < 4.78 is 7.36. The van der Waals surface area contributed by atoms with Gasteiger partial charge in [-0.3, -0.25) is 9.59 Å². The third-order valence-corrected chi connectivity index (χ3v) is 5.24. The maximum Gasteiger partial charge on any atom is 0.256 e. The van der Waals surface area contributed by atoms with Crippen molar-refractivity contribution >= 4 is 28.4 Å². The molecule has 2 aromatic carbocycles. The van der Waals surface area contributed by atoms with Crippen molar-refractivity contribution in [3.63, 3.8) is 0 Å². The number of benzene rings is 2. The molecule has 5 nitrogen and oxygen atoms in total. The van der Waals surface area contributed by atoms with E-state index in [0.717, 1.165) is 35.9 Å². The van der Waals surface area contributed by atoms with E-state index in [1.54, 1.807) is 12.1 Å². The fraction of sp³-hybridized carbons (Fsp3) is 0.273. The van der Waals surface area contributed by atoms with Gasteiger partial charge in [0.25, 0.3) is 5.56 Å². The molecule has 144 valence electrons. The number of pyridine rings is 1. The fourth-order valence-corrected chi connectivity index (χ4v) is 3.76. The molecule has 0 atom stereocenters. The zero-order valence-corrected chi connectivity index (χ0v) is 16.2. The molecule has 0 radical (unpaired) electrons. The molecular weight excluding hydrogens is 376 g/mol. The summed E-state index contributed by atoms with van der Waals surface area (Å²) in [6.45, 7) is 1.16. The number of aryl methyl sites for hydroxylation is 2. The second-order valence-electron chi connectivity index (χ2n) is 6.98. The molecule has 3 aromatic rings. The van der Waals surface area contributed by atoms with Gasteiger partial charge < -0.3 is 14.6 Å². The lowest BCUT2D eigenvalue weighted by atomic mass is 10.0. The van der Waals surface area contributed by atoms with Gasteiger partial charge in [0.15, 0.2) is 0 Å². The third kappa shape index (κ3) is 3.96. The van der Waals surface area contributed by atoms with Crippen molar-refractivity contribution < 1.29 is 9.53 Å². The average Bonchev–Trinajstić information content (AvgIpc) is 2.71. The first-order valence-electron chi connectivity index (χ1n) is 9.35. The number of carbonyl (C=O) groups is 1. The second kappa shape index (κ2) is 8.17. The number of nitrogens with zero attached hydrogens (tertiary/aromatic N) is 1. The summed E-state index contributed by atoms with van der Waals surface area (Å²) in [4.78, 5) is 24.8. The van der Waals surface area contributed by atoms with Gasteiger partial charge in [-0.05, 0) is 47.6 Å². The number of para-hydroxylation sites is 1. The lowest BCUT2D eigenvalue weighted by molar-refractivity contribution is -0.126. The number of aromatic nitrogens is 1. The molecule has 0 fully saturated rings. The number of carbonyl (C=O) groups excluding carboxylic acids is 1. The molecule has 1 N–H and O–H groups in total. The highest BCUT2D eigenvalue weighted by Crippen LogP contribution is 2.24. The molecular formula is C22H21ClN2O3. The predicted octanol–water partition coefficient (Wildman–Crippen LogP) is 3.43. The van der Waals surface area contributed by atoms with E-state index in [1.807, 2.05) is 34.9 Å². The maximum absolute atomic E-state index is 12.8. The van der Waals surface area contributed by atoms with Crippen LogP contribution in [0.2, 0.25) is 5.02 Å². The van der Waals surface area contributed by atoms with Crippen LogP contribution in [0.25, 0.3) is 10.9 Å². The summed E-state index contributed by atoms with van der Waals surface area (Å²) in [5.74, 6) is -0.223. The highest BCUT2D eigenvalue weighted by atomic mass is 35.5. The summed E-state index contributed by atoms with van der Waals surface area (Å²) in [5, 5.41) is 4.50. The molecule has 1 aliphatic heterocycles. The topological polar surface area (TPSA) is 60.3 Å². The number of hydrogen-bond donors (Lipinski definition) is 1. The number of hydrogen-bond acceptors (Lipinski definition) is 3. The van der Waals surface area contributed by atoms with E-state index >= 15 is 0 Å². The molecule has 1 aromatic heterocycles. The van der Waals surface area contributed by atoms with Crippen LogP contribution in [0, 0.1) is 0 Å². The smallest absolute Gasteiger partial charge is 0.256 e. The highest BCUT2D eigenvalue weighted by molar-refractivity contribution is 6.30. The van der Waals surface area contributed by atoms with Crippen LogP contribution >= 0.6 is 11.6 Å². The maximum atomic E-state index is 12.8. The first-order chi connectivity index (χ1) is 13.6. The molecule has 2 heterocycles. The van der Waals surface area contributed by atoms with Gasteiger partial charge in [0.1, 0.15) is 6.61 Å². The number of amides is 1. The summed E-state index contributed by atoms with van der Waals surface area (Å²) in [5.41, 5.74) is 3.76. The standard InChI is InChI=1S/C22H21ClN2O3/c23-19-8-6-15(7-9-19)12-24-20(26)14-28-13-18-11-17-4-1-3-16-5-2-10-25(21(16)17)22(18)27/h1,3-4,6-9,11H,2,5,10,12-14H2,(H,24,26). The quantitative estimate of drug-likeness (QED) is 0.694. The van der Waals surface area contributed by atoms with Crippen LogP contribution in [-0.4, -0.2) is 17.1 Å². The summed E-state index contributed by atoms with van der Waals surface area (Å²) in [6.07, 6.45) is 1.96. The van der Waals surface area contributed by atoms with Gasteiger partial charge in [0.2, 0.25) is 5.91 Å². The predicted molar refractivity (Wildman–Crippen MR) is 109 cm³/mol. The van der Waals surface area contributed by atoms with E-state index in [-0.39, 0.29) is 24.7 Å². The Morgan fingerprint density at radius 1 is 1.18 bits per heavy atom. The largest absolute Gasteiger partial charge is 0.367 e. The van der Waals surface area contributed by atoms with Crippen molar-refractivity contribution in [3.05, 3.63) is 80.6 Å². The first kappa shape index (κ1) is 18.7. The Bertz CT molecular complexity index is 1070. The van der Waals surface area contributed by atoms with Gasteiger partial charge in [0.05, 0.1) is 12.1 Å². The third-order valence-electron chi connectivity index (χ3n) is 4.99. The monoisotopic (exact) mass is 396 g/mol. The van der Waals surface area contributed by atoms with Crippen LogP contribution in [-0.2, 0) is 35.6 Å². The number of rotatable bonds is 6. The van der Waals surface area contributed by atoms with E-state index < -0.39 is 0 Å². The Balaban J connectivity index is 1.38. The van der Waals surface area contributed by atoms with E-state index in [0.29, 0.717) is 17.1 Å². The van der Waals surface area contributed by atoms with Crippen LogP contribution in [0.3, 0.4) is 0 Å². The van der Waals surface area contributed by atoms with Crippen molar-refractivity contribution in [2.45, 2.75) is 32.5 Å². The number of ether oxygens (including phenoxy) is 1. The molecule has 0 spiro atoms. The fourth-order valence-electron chi connectivity index (χ4n) is 3.63. The van der Waals surface area contributed by atoms with Gasteiger partial charge in [-0.2, -0.15) is 0 Å². The van der Waals surface area contributed by atoms with Gasteiger partial charge in [0, 0.05) is 23.7 Å². The number of halogens is 1. The Kier molecular flexibility index (Phi) is 5.46. The van der Waals surface area contributed by atoms with Crippen molar-refractivity contribution in [1.29, 1.82) is 0 Å². The minimum atomic E-state index is -0.223. The molecule has 0 aliphatic carbocycles. The number of nitrogens with one attached hydrogen (secondary N) is 1. The Labute approximate surface area is 167 Å². The van der Waals surface area contributed by atoms with Gasteiger partial charge >= 0.3 is 0 Å². The van der Waals surface area contributed by atoms with Crippen LogP contribution in [0.1, 0.15) is 23.1 Å². The van der Waals surface area contributed by atoms with Gasteiger partial charge in [-0.15, -0.1) is 0 Å². The summed E-state index contributed by atoms with van der Waals surface area (Å²) in [6, 6.07) is 15.3. The van der Waals surface area contributed by atoms with E-state index in [9.17, 15) is 9.59 Å². The Morgan fingerprint density at radius 2 is 2.00 bits per heavy atom. The lowest BCUT2D eigenvalue weighted by Gasteiger charge is -2.20. The Morgan fingerprint density at radius 3 is 2.82 bits per heavy atom. The highest BCUT2D eigenvalue weighted by Gasteiger charge is 2.16. The van der Waals surface area contributed by atoms with Crippen molar-refractivity contribution in [2.75, 3.05) is 6.61 Å².